The molecule has 2 unspecified atom stereocenters. The molecule has 14 nitrogen and oxygen atoms in total. The van der Waals surface area contributed by atoms with Crippen molar-refractivity contribution in [3.8, 4) is 11.5 Å². The summed E-state index contributed by atoms with van der Waals surface area (Å²) in [5.41, 5.74) is 17.0. The summed E-state index contributed by atoms with van der Waals surface area (Å²) < 4.78 is 54.3. The van der Waals surface area contributed by atoms with Crippen molar-refractivity contribution in [1.29, 1.82) is 0 Å². The summed E-state index contributed by atoms with van der Waals surface area (Å²) in [6.45, 7) is 11.9. The normalized spacial score (nSPS) is 15.1. The summed E-state index contributed by atoms with van der Waals surface area (Å²) in [6, 6.07) is 9.34. The lowest BCUT2D eigenvalue weighted by atomic mass is 9.75. The van der Waals surface area contributed by atoms with Gasteiger partial charge in [-0.1, -0.05) is 0 Å². The van der Waals surface area contributed by atoms with Crippen LogP contribution in [0.2, 0.25) is 0 Å². The number of carboxylic acid groups (broad SMARTS) is 1. The summed E-state index contributed by atoms with van der Waals surface area (Å²) in [5, 5.41) is 7.12. The van der Waals surface area contributed by atoms with Gasteiger partial charge < -0.3 is 41.3 Å². The van der Waals surface area contributed by atoms with Crippen LogP contribution >= 0.6 is 0 Å². The number of nitrogens with two attached hydrogens (primary N) is 3. The zero-order chi connectivity index (χ0) is 38.4. The second-order valence-corrected chi connectivity index (χ2v) is 13.2. The van der Waals surface area contributed by atoms with Gasteiger partial charge in [-0.3, -0.25) is 14.4 Å². The molecule has 2 aromatic carbocycles. The van der Waals surface area contributed by atoms with Crippen LogP contribution in [0.25, 0.3) is 0 Å². The Morgan fingerprint density at radius 3 is 1.94 bits per heavy atom. The number of carbonyl (C=O) groups is 5. The van der Waals surface area contributed by atoms with Gasteiger partial charge in [0, 0.05) is 17.5 Å². The molecule has 0 spiro atoms. The Kier molecular flexibility index (Phi) is 13.0. The number of nitrogens with zero attached hydrogens (tertiary/aromatic N) is 1. The highest BCUT2D eigenvalue weighted by atomic mass is 19.4. The van der Waals surface area contributed by atoms with Crippen molar-refractivity contribution < 1.29 is 61.2 Å². The maximum atomic E-state index is 13.4. The van der Waals surface area contributed by atoms with Gasteiger partial charge in [0.25, 0.3) is 0 Å². The molecule has 0 aliphatic carbocycles. The van der Waals surface area contributed by atoms with Crippen LogP contribution in [0.15, 0.2) is 41.4 Å². The molecule has 1 heterocycles. The Bertz CT molecular complexity index is 1620. The first-order chi connectivity index (χ1) is 22.8. The fourth-order valence-corrected chi connectivity index (χ4v) is 4.89. The van der Waals surface area contributed by atoms with E-state index in [1.54, 1.807) is 66.7 Å². The number of alkyl halides is 3. The van der Waals surface area contributed by atoms with E-state index in [-0.39, 0.29) is 23.9 Å². The Morgan fingerprint density at radius 1 is 0.940 bits per heavy atom. The number of ether oxygens (including phenoxy) is 4. The predicted molar refractivity (Wildman–Crippen MR) is 172 cm³/mol. The van der Waals surface area contributed by atoms with Crippen LogP contribution in [0.5, 0.6) is 11.5 Å². The topological polar surface area (TPSA) is 233 Å². The number of rotatable bonds is 9. The molecule has 17 heteroatoms. The first-order valence-corrected chi connectivity index (χ1v) is 15.0. The molecule has 3 atom stereocenters. The molecule has 1 aliphatic rings. The van der Waals surface area contributed by atoms with Crippen LogP contribution in [0.4, 0.5) is 18.9 Å². The molecule has 0 bridgehead atoms. The van der Waals surface area contributed by atoms with Gasteiger partial charge in [-0.2, -0.15) is 13.2 Å². The Hall–Kier alpha value is -5.35. The minimum absolute atomic E-state index is 0.00104. The molecule has 1 amide bonds. The molecule has 3 rings (SSSR count). The van der Waals surface area contributed by atoms with Crippen LogP contribution in [0.3, 0.4) is 0 Å². The highest BCUT2D eigenvalue weighted by molar-refractivity contribution is 5.92. The molecule has 7 N–H and O–H groups in total. The molecular weight excluding hydrogens is 669 g/mol. The monoisotopic (exact) mass is 710 g/mol. The van der Waals surface area contributed by atoms with Crippen LogP contribution in [0.1, 0.15) is 75.4 Å². The van der Waals surface area contributed by atoms with E-state index < -0.39 is 71.3 Å². The molecule has 50 heavy (non-hydrogen) atoms. The smallest absolute Gasteiger partial charge is 0.490 e. The zero-order valence-corrected chi connectivity index (χ0v) is 28.5. The number of hydrogen-bond acceptors (Lipinski definition) is 10. The van der Waals surface area contributed by atoms with Gasteiger partial charge in [-0.25, -0.2) is 14.6 Å². The van der Waals surface area contributed by atoms with E-state index >= 15 is 0 Å². The van der Waals surface area contributed by atoms with Crippen molar-refractivity contribution in [3.63, 3.8) is 0 Å². The quantitative estimate of drug-likeness (QED) is 0.125. The average Bonchev–Trinajstić information content (AvgIpc) is 3.34. The van der Waals surface area contributed by atoms with Gasteiger partial charge in [0.2, 0.25) is 5.91 Å². The van der Waals surface area contributed by atoms with Crippen LogP contribution in [-0.2, 0) is 28.7 Å². The van der Waals surface area contributed by atoms with Crippen molar-refractivity contribution in [2.24, 2.45) is 34.0 Å². The maximum Gasteiger partial charge on any atom is 0.490 e. The van der Waals surface area contributed by atoms with Crippen molar-refractivity contribution in [3.05, 3.63) is 53.1 Å². The number of hydrogen-bond donors (Lipinski definition) is 4. The first kappa shape index (κ1) is 40.8. The van der Waals surface area contributed by atoms with Gasteiger partial charge >= 0.3 is 30.1 Å². The molecule has 0 aromatic heterocycles. The van der Waals surface area contributed by atoms with Crippen molar-refractivity contribution in [2.75, 3.05) is 6.61 Å². The lowest BCUT2D eigenvalue weighted by molar-refractivity contribution is -0.192. The number of carboxylic acids is 1. The number of halogens is 3. The van der Waals surface area contributed by atoms with Gasteiger partial charge in [0.05, 0.1) is 36.1 Å². The lowest BCUT2D eigenvalue weighted by Gasteiger charge is -2.31. The van der Waals surface area contributed by atoms with Crippen LogP contribution in [-0.4, -0.2) is 64.8 Å². The van der Waals surface area contributed by atoms with E-state index in [9.17, 15) is 32.3 Å². The fraction of sp³-hybridized carbons (Fsp3) is 0.455. The third-order valence-electron chi connectivity index (χ3n) is 6.64. The number of amides is 1. The number of esters is 3. The number of fused-ring (bicyclic) bond motifs is 1. The van der Waals surface area contributed by atoms with Crippen molar-refractivity contribution in [2.45, 2.75) is 78.2 Å². The number of aliphatic carboxylic acids is 1. The number of benzene rings is 2. The Morgan fingerprint density at radius 2 is 1.48 bits per heavy atom. The number of carbonyl (C=O) groups excluding carboxylic acids is 4. The molecule has 1 aliphatic heterocycles. The van der Waals surface area contributed by atoms with E-state index in [0.29, 0.717) is 22.6 Å². The van der Waals surface area contributed by atoms with Crippen LogP contribution < -0.4 is 26.7 Å². The second-order valence-electron chi connectivity index (χ2n) is 13.2. The summed E-state index contributed by atoms with van der Waals surface area (Å²) in [4.78, 5) is 64.8. The lowest BCUT2D eigenvalue weighted by Crippen LogP contribution is -2.43. The van der Waals surface area contributed by atoms with E-state index in [1.807, 2.05) is 0 Å². The minimum atomic E-state index is -5.08. The summed E-state index contributed by atoms with van der Waals surface area (Å²) in [5.74, 6) is -8.18. The molecule has 2 aromatic rings. The average molecular weight is 711 g/mol. The first-order valence-electron chi connectivity index (χ1n) is 15.0. The maximum absolute atomic E-state index is 13.4. The Balaban J connectivity index is 0.00000112. The number of guanidine groups is 1. The number of primary amides is 1. The zero-order valence-electron chi connectivity index (χ0n) is 28.5. The van der Waals surface area contributed by atoms with Crippen molar-refractivity contribution in [1.82, 2.24) is 0 Å². The molecule has 274 valence electrons. The predicted octanol–water partition coefficient (Wildman–Crippen LogP) is 4.02. The highest BCUT2D eigenvalue weighted by Gasteiger charge is 2.46. The second kappa shape index (κ2) is 15.9. The number of aryl methyl sites for hydroxylation is 1. The summed E-state index contributed by atoms with van der Waals surface area (Å²) >= 11 is 0. The fourth-order valence-electron chi connectivity index (χ4n) is 4.89. The molecule has 0 saturated heterocycles. The van der Waals surface area contributed by atoms with Gasteiger partial charge in [0.1, 0.15) is 22.7 Å². The summed E-state index contributed by atoms with van der Waals surface area (Å²) in [6.07, 6.45) is -5.50. The van der Waals surface area contributed by atoms with Gasteiger partial charge in [0.15, 0.2) is 5.96 Å². The molecule has 0 radical (unpaired) electrons. The third-order valence-corrected chi connectivity index (χ3v) is 6.64. The van der Waals surface area contributed by atoms with E-state index in [4.69, 9.17) is 46.0 Å². The van der Waals surface area contributed by atoms with E-state index in [2.05, 4.69) is 4.99 Å². The minimum Gasteiger partial charge on any atom is -0.492 e. The number of aliphatic imine (C=N–C) groups is 1. The van der Waals surface area contributed by atoms with Crippen LogP contribution in [0, 0.1) is 18.8 Å². The van der Waals surface area contributed by atoms with Gasteiger partial charge in [-0.05, 0) is 84.4 Å². The summed E-state index contributed by atoms with van der Waals surface area (Å²) in [7, 11) is 0. The molecular formula is C33H41F3N4O10. The van der Waals surface area contributed by atoms with E-state index in [1.165, 1.54) is 18.2 Å². The Labute approximate surface area is 286 Å². The van der Waals surface area contributed by atoms with E-state index in [0.717, 1.165) is 0 Å². The highest BCUT2D eigenvalue weighted by Crippen LogP contribution is 2.46. The van der Waals surface area contributed by atoms with Crippen molar-refractivity contribution >= 4 is 41.4 Å². The largest absolute Gasteiger partial charge is 0.492 e. The third kappa shape index (κ3) is 12.3. The van der Waals surface area contributed by atoms with Gasteiger partial charge in [-0.15, -0.1) is 0 Å². The molecule has 0 fully saturated rings. The molecule has 0 saturated carbocycles. The standard InChI is InChI=1S/C31H40N4O8.C2HF3O2/c1-16-12-19(41-27(38)17-8-10-18(11-9-17)35-29(33)34)13-22-24(16)21(15-40-22)25(26(32)37)20(28(39)43-31(5,6)7)14-23(36)42-30(2,3)4;3-2(4,5)1(6)7/h8-13,20-21,25H,14-15H2,1-7H3,(H2,32,37)(H4,33,34,35);(H,6,7)/t20-,21?,25?;/m0./s1. The SMILES string of the molecule is Cc1cc(OC(=O)c2ccc(N=C(N)N)cc2)cc2c1C(C(C(N)=O)[C@H](CC(=O)OC(C)(C)C)C(=O)OC(C)(C)C)CO2.O=C(O)C(F)(F)F.